The van der Waals surface area contributed by atoms with Gasteiger partial charge in [0.25, 0.3) is 0 Å². The van der Waals surface area contributed by atoms with Crippen LogP contribution in [0.5, 0.6) is 0 Å². The summed E-state index contributed by atoms with van der Waals surface area (Å²) in [4.78, 5) is 13.4. The highest BCUT2D eigenvalue weighted by atomic mass is 32.2. The van der Waals surface area contributed by atoms with Crippen molar-refractivity contribution in [3.8, 4) is 0 Å². The standard InChI is InChI=1S/C24H38N4O2S/c1-23(30)11-9-16-15(13-23)7-8-18-17(16)10-12-24(2)19(18)5-4-6-20(24)21(29)14-31-22-25-26-27-28(22)3/h15-20,30H,4-14H2,1-3H3/t15-,16+,17-,18-,19+,20-,23-,24+/m1/s1. The lowest BCUT2D eigenvalue weighted by molar-refractivity contribution is -0.146. The van der Waals surface area contributed by atoms with Crippen LogP contribution in [0.3, 0.4) is 0 Å². The number of rotatable bonds is 4. The SMILES string of the molecule is Cn1nnnc1SCC(=O)[C@H]1CCC[C@H]2[C@@H]3CC[C@@H]4C[C@](C)(O)CC[C@@H]4[C@H]3CC[C@]12C. The van der Waals surface area contributed by atoms with Gasteiger partial charge in [0.2, 0.25) is 5.16 Å². The normalized spacial score (nSPS) is 44.8. The number of carbonyl (C=O) groups excluding carboxylic acids is 1. The smallest absolute Gasteiger partial charge is 0.209 e. The molecule has 0 aromatic carbocycles. The van der Waals surface area contributed by atoms with Crippen LogP contribution in [0.25, 0.3) is 0 Å². The molecule has 1 heterocycles. The summed E-state index contributed by atoms with van der Waals surface area (Å²) in [6.45, 7) is 4.49. The van der Waals surface area contributed by atoms with Crippen molar-refractivity contribution < 1.29 is 9.90 Å². The van der Waals surface area contributed by atoms with Crippen molar-refractivity contribution in [2.45, 2.75) is 88.8 Å². The molecule has 0 radical (unpaired) electrons. The fourth-order valence-electron chi connectivity index (χ4n) is 8.39. The van der Waals surface area contributed by atoms with Gasteiger partial charge >= 0.3 is 0 Å². The van der Waals surface area contributed by atoms with Crippen molar-refractivity contribution in [2.24, 2.45) is 48.0 Å². The average molecular weight is 447 g/mol. The lowest BCUT2D eigenvalue weighted by Gasteiger charge is -2.60. The molecule has 4 aliphatic rings. The zero-order valence-electron chi connectivity index (χ0n) is 19.3. The molecule has 1 aromatic heterocycles. The summed E-state index contributed by atoms with van der Waals surface area (Å²) in [5.41, 5.74) is -0.294. The van der Waals surface area contributed by atoms with Gasteiger partial charge in [-0.05, 0) is 110 Å². The molecular weight excluding hydrogens is 408 g/mol. The first-order valence-corrected chi connectivity index (χ1v) is 13.4. The van der Waals surface area contributed by atoms with Gasteiger partial charge in [0.1, 0.15) is 5.78 Å². The number of fused-ring (bicyclic) bond motifs is 5. The van der Waals surface area contributed by atoms with E-state index >= 15 is 0 Å². The summed E-state index contributed by atoms with van der Waals surface area (Å²) in [6, 6.07) is 0. The number of aryl methyl sites for hydroxylation is 1. The summed E-state index contributed by atoms with van der Waals surface area (Å²) in [5, 5.41) is 22.9. The highest BCUT2D eigenvalue weighted by molar-refractivity contribution is 7.99. The lowest BCUT2D eigenvalue weighted by atomic mass is 9.44. The molecule has 172 valence electrons. The van der Waals surface area contributed by atoms with E-state index in [4.69, 9.17) is 0 Å². The van der Waals surface area contributed by atoms with E-state index < -0.39 is 5.60 Å². The highest BCUT2D eigenvalue weighted by Crippen LogP contribution is 2.63. The van der Waals surface area contributed by atoms with Gasteiger partial charge in [0, 0.05) is 13.0 Å². The summed E-state index contributed by atoms with van der Waals surface area (Å²) < 4.78 is 1.65. The van der Waals surface area contributed by atoms with Crippen LogP contribution in [0.2, 0.25) is 0 Å². The monoisotopic (exact) mass is 446 g/mol. The third-order valence-electron chi connectivity index (χ3n) is 9.79. The predicted octanol–water partition coefficient (Wildman–Crippen LogP) is 4.28. The second-order valence-electron chi connectivity index (χ2n) is 11.5. The highest BCUT2D eigenvalue weighted by Gasteiger charge is 2.57. The van der Waals surface area contributed by atoms with E-state index in [9.17, 15) is 9.90 Å². The number of Topliss-reactive ketones (excluding diaryl/α,β-unsaturated/α-hetero) is 1. The largest absolute Gasteiger partial charge is 0.390 e. The zero-order chi connectivity index (χ0) is 21.8. The topological polar surface area (TPSA) is 80.9 Å². The molecule has 0 saturated heterocycles. The first-order chi connectivity index (χ1) is 14.8. The first kappa shape index (κ1) is 21.9. The number of tetrazole rings is 1. The number of aliphatic hydroxyl groups is 1. The molecule has 5 rings (SSSR count). The van der Waals surface area contributed by atoms with Crippen LogP contribution < -0.4 is 0 Å². The minimum absolute atomic E-state index is 0.155. The van der Waals surface area contributed by atoms with Gasteiger partial charge in [-0.1, -0.05) is 25.1 Å². The van der Waals surface area contributed by atoms with Crippen LogP contribution >= 0.6 is 11.8 Å². The molecular formula is C24H38N4O2S. The van der Waals surface area contributed by atoms with Crippen LogP contribution in [0.1, 0.15) is 78.1 Å². The number of thioether (sulfide) groups is 1. The number of ketones is 1. The molecule has 1 aromatic rings. The van der Waals surface area contributed by atoms with E-state index in [-0.39, 0.29) is 11.3 Å². The number of hydrogen-bond donors (Lipinski definition) is 1. The van der Waals surface area contributed by atoms with Gasteiger partial charge in [-0.25, -0.2) is 4.68 Å². The van der Waals surface area contributed by atoms with Crippen LogP contribution in [0, 0.1) is 40.9 Å². The summed E-state index contributed by atoms with van der Waals surface area (Å²) >= 11 is 1.48. The predicted molar refractivity (Wildman–Crippen MR) is 120 cm³/mol. The van der Waals surface area contributed by atoms with Crippen molar-refractivity contribution in [2.75, 3.05) is 5.75 Å². The lowest BCUT2D eigenvalue weighted by Crippen LogP contribution is -2.55. The molecule has 4 aliphatic carbocycles. The molecule has 31 heavy (non-hydrogen) atoms. The molecule has 0 unspecified atom stereocenters. The molecule has 7 heteroatoms. The maximum atomic E-state index is 13.4. The molecule has 4 saturated carbocycles. The quantitative estimate of drug-likeness (QED) is 0.695. The molecule has 0 amide bonds. The number of hydrogen-bond acceptors (Lipinski definition) is 6. The summed E-state index contributed by atoms with van der Waals surface area (Å²) in [6.07, 6.45) is 11.8. The maximum absolute atomic E-state index is 13.4. The molecule has 4 fully saturated rings. The Kier molecular flexibility index (Phi) is 5.73. The van der Waals surface area contributed by atoms with Gasteiger partial charge in [0.05, 0.1) is 11.4 Å². The van der Waals surface area contributed by atoms with Crippen LogP contribution in [-0.2, 0) is 11.8 Å². The number of aromatic nitrogens is 4. The van der Waals surface area contributed by atoms with Crippen LogP contribution in [0.15, 0.2) is 5.16 Å². The minimum atomic E-state index is -0.449. The Bertz CT molecular complexity index is 826. The fraction of sp³-hybridized carbons (Fsp3) is 0.917. The summed E-state index contributed by atoms with van der Waals surface area (Å²) in [7, 11) is 1.83. The molecule has 0 spiro atoms. The van der Waals surface area contributed by atoms with Gasteiger partial charge in [-0.2, -0.15) is 0 Å². The average Bonchev–Trinajstić information content (AvgIpc) is 3.14. The van der Waals surface area contributed by atoms with Crippen molar-refractivity contribution in [3.05, 3.63) is 0 Å². The van der Waals surface area contributed by atoms with Crippen molar-refractivity contribution in [1.29, 1.82) is 0 Å². The van der Waals surface area contributed by atoms with Gasteiger partial charge in [-0.15, -0.1) is 5.10 Å². The zero-order valence-corrected chi connectivity index (χ0v) is 20.1. The second-order valence-corrected chi connectivity index (χ2v) is 12.5. The molecule has 1 N–H and O–H groups in total. The molecule has 6 nitrogen and oxygen atoms in total. The van der Waals surface area contributed by atoms with E-state index in [1.807, 2.05) is 14.0 Å². The van der Waals surface area contributed by atoms with E-state index in [1.165, 1.54) is 56.7 Å². The van der Waals surface area contributed by atoms with Crippen LogP contribution in [-0.4, -0.2) is 42.5 Å². The van der Waals surface area contributed by atoms with Gasteiger partial charge < -0.3 is 5.11 Å². The Morgan fingerprint density at radius 1 is 1.10 bits per heavy atom. The molecule has 0 aliphatic heterocycles. The van der Waals surface area contributed by atoms with Gasteiger partial charge in [-0.3, -0.25) is 4.79 Å². The van der Waals surface area contributed by atoms with Crippen LogP contribution in [0.4, 0.5) is 0 Å². The minimum Gasteiger partial charge on any atom is -0.390 e. The Morgan fingerprint density at radius 3 is 2.68 bits per heavy atom. The number of carbonyl (C=O) groups is 1. The van der Waals surface area contributed by atoms with E-state index in [2.05, 4.69) is 22.4 Å². The Morgan fingerprint density at radius 2 is 1.90 bits per heavy atom. The van der Waals surface area contributed by atoms with E-state index in [1.54, 1.807) is 4.68 Å². The van der Waals surface area contributed by atoms with Crippen molar-refractivity contribution in [3.63, 3.8) is 0 Å². The second kappa shape index (κ2) is 8.12. The fourth-order valence-corrected chi connectivity index (χ4v) is 9.18. The number of nitrogens with zero attached hydrogens (tertiary/aromatic N) is 4. The molecule has 0 bridgehead atoms. The molecule has 8 atom stereocenters. The Balaban J connectivity index is 1.30. The van der Waals surface area contributed by atoms with Crippen molar-refractivity contribution in [1.82, 2.24) is 20.2 Å². The maximum Gasteiger partial charge on any atom is 0.209 e. The Hall–Kier alpha value is -0.950. The Labute approximate surface area is 190 Å². The van der Waals surface area contributed by atoms with E-state index in [0.29, 0.717) is 23.4 Å². The third-order valence-corrected chi connectivity index (χ3v) is 10.8. The van der Waals surface area contributed by atoms with Crippen molar-refractivity contribution >= 4 is 17.5 Å². The van der Waals surface area contributed by atoms with E-state index in [0.717, 1.165) is 42.2 Å². The third kappa shape index (κ3) is 3.88. The summed E-state index contributed by atoms with van der Waals surface area (Å²) in [5.74, 6) is 4.89. The first-order valence-electron chi connectivity index (χ1n) is 12.4. The van der Waals surface area contributed by atoms with Gasteiger partial charge in [0.15, 0.2) is 0 Å².